The Morgan fingerprint density at radius 1 is 1.00 bits per heavy atom. The molecule has 3 amide bonds. The Balaban J connectivity index is 3.24. The van der Waals surface area contributed by atoms with E-state index in [1.165, 1.54) is 12.0 Å². The van der Waals surface area contributed by atoms with Gasteiger partial charge in [-0.05, 0) is 57.7 Å². The SMILES string of the molecule is CCCCCN(C(=O)CNC(=O)OC(C)(C)C)C(C(=O)NCC(=O)OC)c1ccc(C)c(C)c1. The maximum absolute atomic E-state index is 13.3. The second kappa shape index (κ2) is 13.6. The van der Waals surface area contributed by atoms with E-state index in [1.54, 1.807) is 26.8 Å². The lowest BCUT2D eigenvalue weighted by atomic mass is 9.98. The molecule has 1 aromatic rings. The fourth-order valence-corrected chi connectivity index (χ4v) is 3.23. The van der Waals surface area contributed by atoms with Crippen molar-refractivity contribution in [2.24, 2.45) is 0 Å². The molecule has 0 saturated heterocycles. The van der Waals surface area contributed by atoms with Crippen LogP contribution in [-0.4, -0.2) is 61.1 Å². The number of ether oxygens (including phenoxy) is 2. The van der Waals surface area contributed by atoms with Gasteiger partial charge in [-0.25, -0.2) is 4.79 Å². The van der Waals surface area contributed by atoms with Crippen LogP contribution in [0.15, 0.2) is 18.2 Å². The third kappa shape index (κ3) is 9.80. The van der Waals surface area contributed by atoms with Crippen molar-refractivity contribution < 1.29 is 28.7 Å². The van der Waals surface area contributed by atoms with Crippen LogP contribution in [0.1, 0.15) is 69.7 Å². The molecule has 0 radical (unpaired) electrons. The highest BCUT2D eigenvalue weighted by molar-refractivity contribution is 5.91. The van der Waals surface area contributed by atoms with Gasteiger partial charge in [-0.15, -0.1) is 0 Å². The molecule has 0 bridgehead atoms. The second-order valence-corrected chi connectivity index (χ2v) is 9.19. The summed E-state index contributed by atoms with van der Waals surface area (Å²) in [6.45, 7) is 10.8. The zero-order valence-electron chi connectivity index (χ0n) is 21.4. The smallest absolute Gasteiger partial charge is 0.408 e. The maximum atomic E-state index is 13.3. The quantitative estimate of drug-likeness (QED) is 0.374. The van der Waals surface area contributed by atoms with Crippen molar-refractivity contribution in [3.05, 3.63) is 34.9 Å². The predicted molar refractivity (Wildman–Crippen MR) is 129 cm³/mol. The Kier molecular flexibility index (Phi) is 11.5. The average molecular weight is 478 g/mol. The summed E-state index contributed by atoms with van der Waals surface area (Å²) >= 11 is 0. The fourth-order valence-electron chi connectivity index (χ4n) is 3.23. The molecule has 0 saturated carbocycles. The van der Waals surface area contributed by atoms with Crippen LogP contribution in [0.2, 0.25) is 0 Å². The lowest BCUT2D eigenvalue weighted by molar-refractivity contribution is -0.143. The third-order valence-electron chi connectivity index (χ3n) is 5.15. The Bertz CT molecular complexity index is 863. The molecule has 1 rings (SSSR count). The van der Waals surface area contributed by atoms with Gasteiger partial charge < -0.3 is 25.0 Å². The van der Waals surface area contributed by atoms with Crippen molar-refractivity contribution in [3.8, 4) is 0 Å². The van der Waals surface area contributed by atoms with Crippen LogP contribution in [-0.2, 0) is 23.9 Å². The summed E-state index contributed by atoms with van der Waals surface area (Å²) in [6, 6.07) is 4.57. The van der Waals surface area contributed by atoms with Gasteiger partial charge in [0.25, 0.3) is 0 Å². The van der Waals surface area contributed by atoms with Crippen LogP contribution in [0, 0.1) is 13.8 Å². The molecule has 0 aliphatic rings. The van der Waals surface area contributed by atoms with Gasteiger partial charge in [0.2, 0.25) is 11.8 Å². The maximum Gasteiger partial charge on any atom is 0.408 e. The van der Waals surface area contributed by atoms with Gasteiger partial charge in [0.15, 0.2) is 0 Å². The Morgan fingerprint density at radius 3 is 2.24 bits per heavy atom. The van der Waals surface area contributed by atoms with E-state index in [-0.39, 0.29) is 13.1 Å². The molecule has 0 spiro atoms. The number of unbranched alkanes of at least 4 members (excludes halogenated alkanes) is 2. The summed E-state index contributed by atoms with van der Waals surface area (Å²) in [5.41, 5.74) is 1.93. The molecule has 1 unspecified atom stereocenters. The number of hydrogen-bond acceptors (Lipinski definition) is 6. The van der Waals surface area contributed by atoms with Crippen molar-refractivity contribution in [2.45, 2.75) is 72.4 Å². The molecule has 9 heteroatoms. The van der Waals surface area contributed by atoms with Crippen molar-refractivity contribution in [3.63, 3.8) is 0 Å². The molecule has 0 fully saturated rings. The largest absolute Gasteiger partial charge is 0.468 e. The van der Waals surface area contributed by atoms with Crippen LogP contribution in [0.25, 0.3) is 0 Å². The molecule has 2 N–H and O–H groups in total. The number of aryl methyl sites for hydroxylation is 2. The number of benzene rings is 1. The lowest BCUT2D eigenvalue weighted by Crippen LogP contribution is -2.48. The number of carbonyl (C=O) groups excluding carboxylic acids is 4. The molecule has 190 valence electrons. The highest BCUT2D eigenvalue weighted by Gasteiger charge is 2.32. The Labute approximate surface area is 202 Å². The first-order chi connectivity index (χ1) is 15.9. The number of esters is 1. The monoisotopic (exact) mass is 477 g/mol. The van der Waals surface area contributed by atoms with Crippen LogP contribution in [0.3, 0.4) is 0 Å². The van der Waals surface area contributed by atoms with Crippen molar-refractivity contribution >= 4 is 23.9 Å². The average Bonchev–Trinajstić information content (AvgIpc) is 2.76. The zero-order valence-corrected chi connectivity index (χ0v) is 21.4. The van der Waals surface area contributed by atoms with Crippen LogP contribution in [0.5, 0.6) is 0 Å². The minimum atomic E-state index is -0.978. The van der Waals surface area contributed by atoms with Gasteiger partial charge in [-0.1, -0.05) is 38.0 Å². The molecule has 0 aromatic heterocycles. The molecule has 1 atom stereocenters. The first-order valence-electron chi connectivity index (χ1n) is 11.6. The zero-order chi connectivity index (χ0) is 25.9. The minimum Gasteiger partial charge on any atom is -0.468 e. The van der Waals surface area contributed by atoms with Crippen LogP contribution < -0.4 is 10.6 Å². The Morgan fingerprint density at radius 2 is 1.68 bits per heavy atom. The third-order valence-corrected chi connectivity index (χ3v) is 5.15. The van der Waals surface area contributed by atoms with E-state index in [9.17, 15) is 19.2 Å². The summed E-state index contributed by atoms with van der Waals surface area (Å²) in [5.74, 6) is -1.53. The number of nitrogens with zero attached hydrogens (tertiary/aromatic N) is 1. The van der Waals surface area contributed by atoms with E-state index >= 15 is 0 Å². The summed E-state index contributed by atoms with van der Waals surface area (Å²) in [7, 11) is 1.23. The van der Waals surface area contributed by atoms with E-state index in [1.807, 2.05) is 32.9 Å². The summed E-state index contributed by atoms with van der Waals surface area (Å²) < 4.78 is 9.83. The summed E-state index contributed by atoms with van der Waals surface area (Å²) in [5, 5.41) is 5.05. The first kappa shape index (κ1) is 28.9. The van der Waals surface area contributed by atoms with E-state index in [4.69, 9.17) is 4.74 Å². The van der Waals surface area contributed by atoms with Crippen molar-refractivity contribution in [1.82, 2.24) is 15.5 Å². The van der Waals surface area contributed by atoms with Crippen LogP contribution >= 0.6 is 0 Å². The van der Waals surface area contributed by atoms with E-state index in [0.717, 1.165) is 24.0 Å². The van der Waals surface area contributed by atoms with Gasteiger partial charge in [0.1, 0.15) is 24.7 Å². The minimum absolute atomic E-state index is 0.311. The van der Waals surface area contributed by atoms with E-state index in [0.29, 0.717) is 18.5 Å². The summed E-state index contributed by atoms with van der Waals surface area (Å²) in [4.78, 5) is 51.6. The predicted octanol–water partition coefficient (Wildman–Crippen LogP) is 3.18. The van der Waals surface area contributed by atoms with Gasteiger partial charge in [0.05, 0.1) is 7.11 Å². The van der Waals surface area contributed by atoms with E-state index in [2.05, 4.69) is 15.4 Å². The van der Waals surface area contributed by atoms with Crippen LogP contribution in [0.4, 0.5) is 4.79 Å². The first-order valence-corrected chi connectivity index (χ1v) is 11.6. The van der Waals surface area contributed by atoms with Gasteiger partial charge in [0, 0.05) is 6.54 Å². The molecule has 0 aliphatic heterocycles. The highest BCUT2D eigenvalue weighted by Crippen LogP contribution is 2.25. The number of hydrogen-bond donors (Lipinski definition) is 2. The molecule has 0 heterocycles. The topological polar surface area (TPSA) is 114 Å². The number of rotatable bonds is 11. The lowest BCUT2D eigenvalue weighted by Gasteiger charge is -2.32. The van der Waals surface area contributed by atoms with E-state index < -0.39 is 35.5 Å². The molecule has 0 aliphatic carbocycles. The normalized spacial score (nSPS) is 11.9. The number of alkyl carbamates (subject to hydrolysis) is 1. The van der Waals surface area contributed by atoms with Crippen molar-refractivity contribution in [1.29, 1.82) is 0 Å². The second-order valence-electron chi connectivity index (χ2n) is 9.19. The number of carbonyl (C=O) groups is 4. The number of methoxy groups -OCH3 is 1. The number of amides is 3. The molecule has 34 heavy (non-hydrogen) atoms. The van der Waals surface area contributed by atoms with Gasteiger partial charge in [-0.3, -0.25) is 14.4 Å². The fraction of sp³-hybridized carbons (Fsp3) is 0.600. The molecule has 9 nitrogen and oxygen atoms in total. The van der Waals surface area contributed by atoms with Gasteiger partial charge >= 0.3 is 12.1 Å². The Hall–Kier alpha value is -3.10. The standard InChI is InChI=1S/C25H39N3O6/c1-8-9-10-13-28(20(29)15-27-24(32)34-25(4,5)6)22(23(31)26-16-21(30)33-7)19-12-11-17(2)18(3)14-19/h11-12,14,22H,8-10,13,15-16H2,1-7H3,(H,26,31)(H,27,32). The highest BCUT2D eigenvalue weighted by atomic mass is 16.6. The van der Waals surface area contributed by atoms with Gasteiger partial charge in [-0.2, -0.15) is 0 Å². The number of nitrogens with one attached hydrogen (secondary N) is 2. The molecular formula is C25H39N3O6. The summed E-state index contributed by atoms with van der Waals surface area (Å²) in [6.07, 6.45) is 1.76. The van der Waals surface area contributed by atoms with Crippen molar-refractivity contribution in [2.75, 3.05) is 26.7 Å². The molecular weight excluding hydrogens is 438 g/mol. The molecule has 1 aromatic carbocycles.